The number of hydrogen-bond acceptors (Lipinski definition) is 3. The van der Waals surface area contributed by atoms with Gasteiger partial charge in [0.1, 0.15) is 0 Å². The summed E-state index contributed by atoms with van der Waals surface area (Å²) in [6.07, 6.45) is 1.72. The number of methoxy groups -OCH3 is 1. The van der Waals surface area contributed by atoms with E-state index in [1.54, 1.807) is 18.3 Å². The molecule has 1 heterocycles. The fourth-order valence-electron chi connectivity index (χ4n) is 1.54. The van der Waals surface area contributed by atoms with Crippen LogP contribution in [0.3, 0.4) is 0 Å². The summed E-state index contributed by atoms with van der Waals surface area (Å²) in [6.45, 7) is 0.500. The van der Waals surface area contributed by atoms with Crippen molar-refractivity contribution in [2.24, 2.45) is 0 Å². The quantitative estimate of drug-likeness (QED) is 0.843. The maximum absolute atomic E-state index is 13.5. The molecule has 0 amide bonds. The van der Waals surface area contributed by atoms with Gasteiger partial charge < -0.3 is 10.1 Å². The Balaban J connectivity index is 2.08. The van der Waals surface area contributed by atoms with Crippen LogP contribution >= 0.6 is 31.9 Å². The standard InChI is InChI=1S/C13H11Br2FN2O/c1-19-13-3-2-9(5-11(13)16)17-7-12-10(15)4-8(14)6-18-12/h2-6,17H,7H2,1H3. The maximum atomic E-state index is 13.5. The Morgan fingerprint density at radius 1 is 1.32 bits per heavy atom. The van der Waals surface area contributed by atoms with Crippen LogP contribution in [0.15, 0.2) is 39.4 Å². The molecule has 0 aliphatic carbocycles. The highest BCUT2D eigenvalue weighted by Crippen LogP contribution is 2.23. The molecule has 1 aromatic carbocycles. The van der Waals surface area contributed by atoms with Crippen LogP contribution in [0.1, 0.15) is 5.69 Å². The van der Waals surface area contributed by atoms with Gasteiger partial charge in [-0.15, -0.1) is 0 Å². The number of nitrogens with zero attached hydrogens (tertiary/aromatic N) is 1. The molecule has 100 valence electrons. The number of hydrogen-bond donors (Lipinski definition) is 1. The molecule has 2 rings (SSSR count). The van der Waals surface area contributed by atoms with E-state index in [2.05, 4.69) is 42.2 Å². The van der Waals surface area contributed by atoms with Gasteiger partial charge in [0.2, 0.25) is 0 Å². The minimum Gasteiger partial charge on any atom is -0.494 e. The molecule has 0 atom stereocenters. The van der Waals surface area contributed by atoms with Gasteiger partial charge in [-0.3, -0.25) is 4.98 Å². The number of ether oxygens (including phenoxy) is 1. The second-order valence-corrected chi connectivity index (χ2v) is 5.55. The van der Waals surface area contributed by atoms with Crippen molar-refractivity contribution in [1.29, 1.82) is 0 Å². The van der Waals surface area contributed by atoms with Crippen molar-refractivity contribution < 1.29 is 9.13 Å². The Morgan fingerprint density at radius 2 is 2.11 bits per heavy atom. The Morgan fingerprint density at radius 3 is 2.74 bits per heavy atom. The van der Waals surface area contributed by atoms with E-state index in [1.807, 2.05) is 6.07 Å². The highest BCUT2D eigenvalue weighted by Gasteiger charge is 2.05. The Labute approximate surface area is 127 Å². The predicted octanol–water partition coefficient (Wildman–Crippen LogP) is 4.37. The van der Waals surface area contributed by atoms with Gasteiger partial charge in [-0.1, -0.05) is 0 Å². The fraction of sp³-hybridized carbons (Fsp3) is 0.154. The van der Waals surface area contributed by atoms with E-state index >= 15 is 0 Å². The number of anilines is 1. The number of nitrogens with one attached hydrogen (secondary N) is 1. The first-order valence-corrected chi connectivity index (χ1v) is 7.06. The summed E-state index contributed by atoms with van der Waals surface area (Å²) in [6, 6.07) is 6.65. The molecule has 0 radical (unpaired) electrons. The van der Waals surface area contributed by atoms with Crippen molar-refractivity contribution in [1.82, 2.24) is 4.98 Å². The smallest absolute Gasteiger partial charge is 0.167 e. The lowest BCUT2D eigenvalue weighted by molar-refractivity contribution is 0.386. The van der Waals surface area contributed by atoms with Crippen molar-refractivity contribution in [3.05, 3.63) is 50.9 Å². The molecular formula is C13H11Br2FN2O. The Hall–Kier alpha value is -1.14. The summed E-state index contributed by atoms with van der Waals surface area (Å²) in [7, 11) is 1.44. The van der Waals surface area contributed by atoms with Gasteiger partial charge in [-0.05, 0) is 50.1 Å². The molecule has 0 fully saturated rings. The molecule has 19 heavy (non-hydrogen) atoms. The number of pyridine rings is 1. The van der Waals surface area contributed by atoms with Crippen LogP contribution in [-0.4, -0.2) is 12.1 Å². The lowest BCUT2D eigenvalue weighted by atomic mass is 10.2. The minimum atomic E-state index is -0.393. The normalized spacial score (nSPS) is 10.3. The van der Waals surface area contributed by atoms with Gasteiger partial charge in [0.15, 0.2) is 11.6 Å². The van der Waals surface area contributed by atoms with E-state index in [0.717, 1.165) is 14.6 Å². The van der Waals surface area contributed by atoms with E-state index in [4.69, 9.17) is 4.74 Å². The summed E-state index contributed by atoms with van der Waals surface area (Å²) in [5.74, 6) is -0.163. The van der Waals surface area contributed by atoms with Gasteiger partial charge in [0.25, 0.3) is 0 Å². The molecular weight excluding hydrogens is 379 g/mol. The van der Waals surface area contributed by atoms with Gasteiger partial charge in [-0.2, -0.15) is 0 Å². The topological polar surface area (TPSA) is 34.1 Å². The average molecular weight is 390 g/mol. The summed E-state index contributed by atoms with van der Waals surface area (Å²) in [4.78, 5) is 4.27. The first-order valence-electron chi connectivity index (χ1n) is 5.47. The third-order valence-corrected chi connectivity index (χ3v) is 3.62. The van der Waals surface area contributed by atoms with Crippen molar-refractivity contribution in [2.45, 2.75) is 6.54 Å². The summed E-state index contributed by atoms with van der Waals surface area (Å²) in [5, 5.41) is 3.11. The van der Waals surface area contributed by atoms with E-state index in [1.165, 1.54) is 13.2 Å². The van der Waals surface area contributed by atoms with Crippen molar-refractivity contribution in [2.75, 3.05) is 12.4 Å². The molecule has 0 spiro atoms. The molecule has 2 aromatic rings. The zero-order valence-corrected chi connectivity index (χ0v) is 13.3. The van der Waals surface area contributed by atoms with E-state index in [-0.39, 0.29) is 5.75 Å². The van der Waals surface area contributed by atoms with Crippen LogP contribution in [0.25, 0.3) is 0 Å². The second-order valence-electron chi connectivity index (χ2n) is 3.78. The minimum absolute atomic E-state index is 0.230. The van der Waals surface area contributed by atoms with E-state index in [0.29, 0.717) is 12.2 Å². The Bertz CT molecular complexity index is 593. The summed E-state index contributed by atoms with van der Waals surface area (Å²) < 4.78 is 20.2. The molecule has 0 unspecified atom stereocenters. The summed E-state index contributed by atoms with van der Waals surface area (Å²) >= 11 is 6.77. The first kappa shape index (κ1) is 14.3. The highest BCUT2D eigenvalue weighted by atomic mass is 79.9. The molecule has 0 saturated heterocycles. The van der Waals surface area contributed by atoms with Crippen LogP contribution in [0, 0.1) is 5.82 Å². The summed E-state index contributed by atoms with van der Waals surface area (Å²) in [5.41, 5.74) is 1.52. The molecule has 1 N–H and O–H groups in total. The van der Waals surface area contributed by atoms with Crippen molar-refractivity contribution >= 4 is 37.5 Å². The van der Waals surface area contributed by atoms with Crippen LogP contribution in [0.5, 0.6) is 5.75 Å². The van der Waals surface area contributed by atoms with Crippen LogP contribution < -0.4 is 10.1 Å². The lowest BCUT2D eigenvalue weighted by Crippen LogP contribution is -2.03. The number of halogens is 3. The fourth-order valence-corrected chi connectivity index (χ4v) is 2.66. The predicted molar refractivity (Wildman–Crippen MR) is 79.9 cm³/mol. The number of benzene rings is 1. The van der Waals surface area contributed by atoms with E-state index < -0.39 is 5.82 Å². The molecule has 6 heteroatoms. The average Bonchev–Trinajstić information content (AvgIpc) is 2.38. The van der Waals surface area contributed by atoms with Gasteiger partial charge in [0, 0.05) is 26.9 Å². The zero-order chi connectivity index (χ0) is 13.8. The maximum Gasteiger partial charge on any atom is 0.167 e. The molecule has 0 aliphatic rings. The van der Waals surface area contributed by atoms with E-state index in [9.17, 15) is 4.39 Å². The molecule has 0 saturated carbocycles. The van der Waals surface area contributed by atoms with Gasteiger partial charge in [-0.25, -0.2) is 4.39 Å². The largest absolute Gasteiger partial charge is 0.494 e. The van der Waals surface area contributed by atoms with Crippen molar-refractivity contribution in [3.8, 4) is 5.75 Å². The highest BCUT2D eigenvalue weighted by molar-refractivity contribution is 9.11. The monoisotopic (exact) mass is 388 g/mol. The number of rotatable bonds is 4. The zero-order valence-electron chi connectivity index (χ0n) is 10.1. The van der Waals surface area contributed by atoms with Crippen molar-refractivity contribution in [3.63, 3.8) is 0 Å². The third-order valence-electron chi connectivity index (χ3n) is 2.50. The van der Waals surface area contributed by atoms with Crippen LogP contribution in [-0.2, 0) is 6.54 Å². The second kappa shape index (κ2) is 6.34. The first-order chi connectivity index (χ1) is 9.10. The molecule has 0 aliphatic heterocycles. The van der Waals surface area contributed by atoms with Gasteiger partial charge in [0.05, 0.1) is 19.3 Å². The number of aromatic nitrogens is 1. The molecule has 0 bridgehead atoms. The van der Waals surface area contributed by atoms with Gasteiger partial charge >= 0.3 is 0 Å². The lowest BCUT2D eigenvalue weighted by Gasteiger charge is -2.09. The Kier molecular flexibility index (Phi) is 4.76. The third kappa shape index (κ3) is 3.67. The SMILES string of the molecule is COc1ccc(NCc2ncc(Br)cc2Br)cc1F. The molecule has 1 aromatic heterocycles. The van der Waals surface area contributed by atoms with Crippen LogP contribution in [0.4, 0.5) is 10.1 Å². The molecule has 3 nitrogen and oxygen atoms in total. The van der Waals surface area contributed by atoms with Crippen LogP contribution in [0.2, 0.25) is 0 Å².